The van der Waals surface area contributed by atoms with Crippen molar-refractivity contribution in [3.8, 4) is 5.75 Å². The molecule has 1 aromatic rings. The van der Waals surface area contributed by atoms with Gasteiger partial charge >= 0.3 is 0 Å². The van der Waals surface area contributed by atoms with Crippen LogP contribution in [0.3, 0.4) is 0 Å². The van der Waals surface area contributed by atoms with Crippen LogP contribution in [0, 0.1) is 5.92 Å². The van der Waals surface area contributed by atoms with E-state index in [-0.39, 0.29) is 11.8 Å². The van der Waals surface area contributed by atoms with E-state index in [0.29, 0.717) is 25.1 Å². The highest BCUT2D eigenvalue weighted by atomic mass is 35.5. The van der Waals surface area contributed by atoms with E-state index in [1.807, 2.05) is 23.1 Å². The number of hydrogen-bond donors (Lipinski definition) is 0. The number of alkyl halides is 1. The molecule has 1 saturated carbocycles. The monoisotopic (exact) mass is 307 g/mol. The first-order chi connectivity index (χ1) is 10.3. The standard InChI is InChI=1S/C17H22ClNO2/c18-9-10-19(15-6-2-3-7-15)17(20)14-11-13-5-1-4-8-16(13)21-12-14/h1,4-5,8,14-15H,2-3,6-7,9-12H2. The maximum absolute atomic E-state index is 12.9. The van der Waals surface area contributed by atoms with Crippen LogP contribution in [0.5, 0.6) is 5.75 Å². The topological polar surface area (TPSA) is 29.5 Å². The van der Waals surface area contributed by atoms with Gasteiger partial charge in [0, 0.05) is 18.5 Å². The van der Waals surface area contributed by atoms with Gasteiger partial charge in [0.1, 0.15) is 12.4 Å². The Morgan fingerprint density at radius 2 is 2.05 bits per heavy atom. The van der Waals surface area contributed by atoms with Crippen LogP contribution in [0.1, 0.15) is 31.2 Å². The van der Waals surface area contributed by atoms with Gasteiger partial charge in [0.15, 0.2) is 0 Å². The zero-order valence-corrected chi connectivity index (χ0v) is 13.0. The molecular formula is C17H22ClNO2. The molecule has 114 valence electrons. The summed E-state index contributed by atoms with van der Waals surface area (Å²) in [7, 11) is 0. The highest BCUT2D eigenvalue weighted by Crippen LogP contribution is 2.30. The van der Waals surface area contributed by atoms with Crippen molar-refractivity contribution < 1.29 is 9.53 Å². The van der Waals surface area contributed by atoms with E-state index in [9.17, 15) is 4.79 Å². The maximum Gasteiger partial charge on any atom is 0.229 e. The number of para-hydroxylation sites is 1. The minimum absolute atomic E-state index is 0.0660. The number of hydrogen-bond acceptors (Lipinski definition) is 2. The van der Waals surface area contributed by atoms with E-state index in [1.165, 1.54) is 12.8 Å². The molecular weight excluding hydrogens is 286 g/mol. The average molecular weight is 308 g/mol. The van der Waals surface area contributed by atoms with Crippen molar-refractivity contribution >= 4 is 17.5 Å². The Balaban J connectivity index is 1.71. The van der Waals surface area contributed by atoms with Crippen LogP contribution in [-0.2, 0) is 11.2 Å². The summed E-state index contributed by atoms with van der Waals surface area (Å²) >= 11 is 5.91. The van der Waals surface area contributed by atoms with Gasteiger partial charge in [-0.15, -0.1) is 11.6 Å². The third-order valence-corrected chi connectivity index (χ3v) is 4.77. The van der Waals surface area contributed by atoms with Gasteiger partial charge in [-0.1, -0.05) is 31.0 Å². The zero-order chi connectivity index (χ0) is 14.7. The van der Waals surface area contributed by atoms with Crippen molar-refractivity contribution in [3.05, 3.63) is 29.8 Å². The molecule has 0 N–H and O–H groups in total. The fourth-order valence-electron chi connectivity index (χ4n) is 3.50. The number of amides is 1. The SMILES string of the molecule is O=C(C1COc2ccccc2C1)N(CCCl)C1CCCC1. The summed E-state index contributed by atoms with van der Waals surface area (Å²) in [5.41, 5.74) is 1.14. The van der Waals surface area contributed by atoms with Gasteiger partial charge in [0.25, 0.3) is 0 Å². The number of fused-ring (bicyclic) bond motifs is 1. The predicted molar refractivity (Wildman–Crippen MR) is 83.8 cm³/mol. The van der Waals surface area contributed by atoms with E-state index in [0.717, 1.165) is 30.6 Å². The van der Waals surface area contributed by atoms with E-state index in [1.54, 1.807) is 0 Å². The Kier molecular flexibility index (Phi) is 4.69. The predicted octanol–water partition coefficient (Wildman–Crippen LogP) is 3.25. The molecule has 2 aliphatic rings. The average Bonchev–Trinajstić information content (AvgIpc) is 3.05. The summed E-state index contributed by atoms with van der Waals surface area (Å²) < 4.78 is 5.77. The molecule has 0 saturated heterocycles. The third-order valence-electron chi connectivity index (χ3n) is 4.60. The number of carbonyl (C=O) groups is 1. The lowest BCUT2D eigenvalue weighted by molar-refractivity contribution is -0.139. The summed E-state index contributed by atoms with van der Waals surface area (Å²) in [5.74, 6) is 1.58. The summed E-state index contributed by atoms with van der Waals surface area (Å²) in [4.78, 5) is 14.9. The second-order valence-electron chi connectivity index (χ2n) is 5.98. The molecule has 21 heavy (non-hydrogen) atoms. The molecule has 0 bridgehead atoms. The second kappa shape index (κ2) is 6.69. The molecule has 1 aromatic carbocycles. The number of halogens is 1. The number of nitrogens with zero attached hydrogens (tertiary/aromatic N) is 1. The van der Waals surface area contributed by atoms with Gasteiger partial charge in [-0.05, 0) is 30.9 Å². The van der Waals surface area contributed by atoms with Crippen molar-refractivity contribution in [2.75, 3.05) is 19.0 Å². The van der Waals surface area contributed by atoms with E-state index >= 15 is 0 Å². The van der Waals surface area contributed by atoms with E-state index < -0.39 is 0 Å². The molecule has 0 aromatic heterocycles. The van der Waals surface area contributed by atoms with Gasteiger partial charge in [0.05, 0.1) is 5.92 Å². The van der Waals surface area contributed by atoms with E-state index in [2.05, 4.69) is 6.07 Å². The van der Waals surface area contributed by atoms with Crippen LogP contribution in [0.25, 0.3) is 0 Å². The number of carbonyl (C=O) groups excluding carboxylic acids is 1. The number of ether oxygens (including phenoxy) is 1. The Morgan fingerprint density at radius 1 is 1.29 bits per heavy atom. The Morgan fingerprint density at radius 3 is 2.81 bits per heavy atom. The van der Waals surface area contributed by atoms with Crippen molar-refractivity contribution in [2.45, 2.75) is 38.1 Å². The first kappa shape index (κ1) is 14.7. The smallest absolute Gasteiger partial charge is 0.229 e. The van der Waals surface area contributed by atoms with E-state index in [4.69, 9.17) is 16.3 Å². The molecule has 1 amide bonds. The molecule has 1 aliphatic heterocycles. The zero-order valence-electron chi connectivity index (χ0n) is 12.3. The van der Waals surface area contributed by atoms with Gasteiger partial charge < -0.3 is 9.64 Å². The summed E-state index contributed by atoms with van der Waals surface area (Å²) in [5, 5.41) is 0. The molecule has 1 heterocycles. The van der Waals surface area contributed by atoms with Crippen molar-refractivity contribution in [1.82, 2.24) is 4.90 Å². The molecule has 1 aliphatic carbocycles. The van der Waals surface area contributed by atoms with Crippen molar-refractivity contribution in [3.63, 3.8) is 0 Å². The highest BCUT2D eigenvalue weighted by Gasteiger charge is 2.33. The number of benzene rings is 1. The van der Waals surface area contributed by atoms with Gasteiger partial charge in [-0.3, -0.25) is 4.79 Å². The van der Waals surface area contributed by atoms with Crippen LogP contribution in [0.15, 0.2) is 24.3 Å². The van der Waals surface area contributed by atoms with Crippen LogP contribution >= 0.6 is 11.6 Å². The lowest BCUT2D eigenvalue weighted by Gasteiger charge is -2.33. The summed E-state index contributed by atoms with van der Waals surface area (Å²) in [6.45, 7) is 1.14. The van der Waals surface area contributed by atoms with Crippen molar-refractivity contribution in [1.29, 1.82) is 0 Å². The fourth-order valence-corrected chi connectivity index (χ4v) is 3.68. The first-order valence-corrected chi connectivity index (χ1v) is 8.40. The quantitative estimate of drug-likeness (QED) is 0.799. The molecule has 4 heteroatoms. The lowest BCUT2D eigenvalue weighted by atomic mass is 9.95. The molecule has 3 rings (SSSR count). The molecule has 1 atom stereocenters. The molecule has 1 unspecified atom stereocenters. The van der Waals surface area contributed by atoms with Gasteiger partial charge in [-0.25, -0.2) is 0 Å². The molecule has 3 nitrogen and oxygen atoms in total. The molecule has 0 spiro atoms. The molecule has 1 fully saturated rings. The fraction of sp³-hybridized carbons (Fsp3) is 0.588. The van der Waals surface area contributed by atoms with Crippen LogP contribution in [0.4, 0.5) is 0 Å². The van der Waals surface area contributed by atoms with Gasteiger partial charge in [-0.2, -0.15) is 0 Å². The minimum atomic E-state index is -0.0660. The Bertz CT molecular complexity index is 499. The summed E-state index contributed by atoms with van der Waals surface area (Å²) in [6, 6.07) is 8.38. The van der Waals surface area contributed by atoms with Gasteiger partial charge in [0.2, 0.25) is 5.91 Å². The normalized spacial score (nSPS) is 21.7. The molecule has 0 radical (unpaired) electrons. The Labute approximate surface area is 131 Å². The first-order valence-electron chi connectivity index (χ1n) is 7.86. The highest BCUT2D eigenvalue weighted by molar-refractivity contribution is 6.18. The Hall–Kier alpha value is -1.22. The lowest BCUT2D eigenvalue weighted by Crippen LogP contribution is -2.46. The minimum Gasteiger partial charge on any atom is -0.492 e. The maximum atomic E-state index is 12.9. The number of rotatable bonds is 4. The van der Waals surface area contributed by atoms with Crippen LogP contribution < -0.4 is 4.74 Å². The van der Waals surface area contributed by atoms with Crippen LogP contribution in [-0.4, -0.2) is 35.9 Å². The largest absolute Gasteiger partial charge is 0.492 e. The van der Waals surface area contributed by atoms with Crippen molar-refractivity contribution in [2.24, 2.45) is 5.92 Å². The van der Waals surface area contributed by atoms with Crippen LogP contribution in [0.2, 0.25) is 0 Å². The summed E-state index contributed by atoms with van der Waals surface area (Å²) in [6.07, 6.45) is 5.46. The third kappa shape index (κ3) is 3.18. The second-order valence-corrected chi connectivity index (χ2v) is 6.36.